The lowest BCUT2D eigenvalue weighted by molar-refractivity contribution is -0.147. The van der Waals surface area contributed by atoms with Crippen LogP contribution in [0.1, 0.15) is 48.5 Å². The molecule has 0 aromatic rings. The van der Waals surface area contributed by atoms with Crippen LogP contribution in [0.15, 0.2) is 0 Å². The van der Waals surface area contributed by atoms with Crippen LogP contribution in [0.2, 0.25) is 0 Å². The van der Waals surface area contributed by atoms with Crippen molar-refractivity contribution < 1.29 is 9.53 Å². The van der Waals surface area contributed by atoms with Gasteiger partial charge in [0.15, 0.2) is 0 Å². The average molecular weight is 269 g/mol. The summed E-state index contributed by atoms with van der Waals surface area (Å²) < 4.78 is 5.35. The number of carbonyl (C=O) groups is 1. The van der Waals surface area contributed by atoms with Gasteiger partial charge >= 0.3 is 0 Å². The summed E-state index contributed by atoms with van der Waals surface area (Å²) in [6.07, 6.45) is 0. The van der Waals surface area contributed by atoms with Gasteiger partial charge in [-0.2, -0.15) is 0 Å². The molecule has 3 nitrogen and oxygen atoms in total. The second-order valence-electron chi connectivity index (χ2n) is 7.94. The smallest absolute Gasteiger partial charge is 0.226 e. The molecule has 1 rings (SSSR count). The van der Waals surface area contributed by atoms with Crippen LogP contribution in [0.4, 0.5) is 0 Å². The van der Waals surface area contributed by atoms with Crippen LogP contribution >= 0.6 is 0 Å². The van der Waals surface area contributed by atoms with Crippen LogP contribution in [-0.2, 0) is 9.53 Å². The van der Waals surface area contributed by atoms with Crippen LogP contribution < -0.4 is 0 Å². The lowest BCUT2D eigenvalue weighted by atomic mass is 9.64. The Kier molecular flexibility index (Phi) is 5.05. The van der Waals surface area contributed by atoms with E-state index in [1.54, 1.807) is 0 Å². The van der Waals surface area contributed by atoms with Crippen LogP contribution in [0.25, 0.3) is 0 Å². The normalized spacial score (nSPS) is 21.1. The fraction of sp³-hybridized carbons (Fsp3) is 0.938. The van der Waals surface area contributed by atoms with Crippen molar-refractivity contribution in [3.8, 4) is 0 Å². The molecule has 0 aliphatic carbocycles. The highest BCUT2D eigenvalue weighted by Crippen LogP contribution is 2.42. The minimum atomic E-state index is -0.0118. The first-order valence-electron chi connectivity index (χ1n) is 7.41. The van der Waals surface area contributed by atoms with Gasteiger partial charge in [-0.3, -0.25) is 4.79 Å². The van der Waals surface area contributed by atoms with Crippen LogP contribution in [-0.4, -0.2) is 37.1 Å². The van der Waals surface area contributed by atoms with Gasteiger partial charge in [0.05, 0.1) is 13.2 Å². The maximum Gasteiger partial charge on any atom is 0.226 e. The van der Waals surface area contributed by atoms with Gasteiger partial charge in [-0.25, -0.2) is 0 Å². The van der Waals surface area contributed by atoms with Gasteiger partial charge in [0, 0.05) is 19.0 Å². The van der Waals surface area contributed by atoms with Gasteiger partial charge in [-0.15, -0.1) is 0 Å². The number of ether oxygens (including phenoxy) is 1. The van der Waals surface area contributed by atoms with Crippen molar-refractivity contribution >= 4 is 5.91 Å². The summed E-state index contributed by atoms with van der Waals surface area (Å²) in [5, 5.41) is 0. The highest BCUT2D eigenvalue weighted by Gasteiger charge is 2.42. The molecule has 0 bridgehead atoms. The summed E-state index contributed by atoms with van der Waals surface area (Å²) in [6, 6.07) is 0. The predicted octanol–water partition coefficient (Wildman–Crippen LogP) is 3.19. The Labute approximate surface area is 118 Å². The Balaban J connectivity index is 2.94. The number of nitrogens with zero attached hydrogens (tertiary/aromatic N) is 1. The summed E-state index contributed by atoms with van der Waals surface area (Å²) >= 11 is 0. The van der Waals surface area contributed by atoms with Gasteiger partial charge in [0.1, 0.15) is 0 Å². The Morgan fingerprint density at radius 3 is 1.84 bits per heavy atom. The van der Waals surface area contributed by atoms with E-state index in [0.717, 1.165) is 13.1 Å². The van der Waals surface area contributed by atoms with Crippen molar-refractivity contribution in [2.45, 2.75) is 48.5 Å². The number of amides is 1. The van der Waals surface area contributed by atoms with Gasteiger partial charge in [-0.1, -0.05) is 48.5 Å². The van der Waals surface area contributed by atoms with Crippen molar-refractivity contribution in [3.05, 3.63) is 0 Å². The molecule has 1 amide bonds. The molecule has 0 radical (unpaired) electrons. The minimum absolute atomic E-state index is 0.0118. The summed E-state index contributed by atoms with van der Waals surface area (Å²) in [6.45, 7) is 18.3. The van der Waals surface area contributed by atoms with E-state index in [2.05, 4.69) is 48.5 Å². The van der Waals surface area contributed by atoms with Crippen molar-refractivity contribution in [2.75, 3.05) is 26.3 Å². The van der Waals surface area contributed by atoms with E-state index in [1.165, 1.54) is 0 Å². The zero-order chi connectivity index (χ0) is 14.8. The molecule has 1 heterocycles. The third-order valence-corrected chi connectivity index (χ3v) is 4.39. The highest BCUT2D eigenvalue weighted by atomic mass is 16.5. The van der Waals surface area contributed by atoms with Gasteiger partial charge in [0.2, 0.25) is 5.91 Å². The Morgan fingerprint density at radius 2 is 1.47 bits per heavy atom. The minimum Gasteiger partial charge on any atom is -0.378 e. The molecule has 2 atom stereocenters. The molecular weight excluding hydrogens is 238 g/mol. The van der Waals surface area contributed by atoms with E-state index in [9.17, 15) is 4.79 Å². The zero-order valence-corrected chi connectivity index (χ0v) is 13.7. The molecule has 1 fully saturated rings. The molecule has 1 saturated heterocycles. The summed E-state index contributed by atoms with van der Waals surface area (Å²) in [5.41, 5.74) is 0.127. The molecule has 0 aromatic heterocycles. The molecule has 0 spiro atoms. The number of rotatable bonds is 2. The van der Waals surface area contributed by atoms with Gasteiger partial charge in [0.25, 0.3) is 0 Å². The Hall–Kier alpha value is -0.570. The molecular formula is C16H31NO2. The summed E-state index contributed by atoms with van der Waals surface area (Å²) in [5.74, 6) is 0.715. The maximum atomic E-state index is 12.9. The third kappa shape index (κ3) is 4.20. The molecule has 0 saturated carbocycles. The van der Waals surface area contributed by atoms with E-state index in [0.29, 0.717) is 25.0 Å². The fourth-order valence-electron chi connectivity index (χ4n) is 2.81. The molecule has 1 aliphatic rings. The average Bonchev–Trinajstić information content (AvgIpc) is 2.27. The summed E-state index contributed by atoms with van der Waals surface area (Å²) in [7, 11) is 0. The monoisotopic (exact) mass is 269 g/mol. The molecule has 1 unspecified atom stereocenters. The first-order chi connectivity index (χ1) is 8.55. The third-order valence-electron chi connectivity index (χ3n) is 4.39. The Bertz CT molecular complexity index is 306. The molecule has 19 heavy (non-hydrogen) atoms. The lowest BCUT2D eigenvalue weighted by Gasteiger charge is -2.43. The quantitative estimate of drug-likeness (QED) is 0.770. The number of hydrogen-bond donors (Lipinski definition) is 0. The van der Waals surface area contributed by atoms with E-state index >= 15 is 0 Å². The van der Waals surface area contributed by atoms with E-state index < -0.39 is 0 Å². The van der Waals surface area contributed by atoms with Crippen LogP contribution in [0, 0.1) is 22.7 Å². The van der Waals surface area contributed by atoms with Crippen molar-refractivity contribution in [3.63, 3.8) is 0 Å². The molecule has 112 valence electrons. The Morgan fingerprint density at radius 1 is 1.00 bits per heavy atom. The molecule has 0 N–H and O–H groups in total. The van der Waals surface area contributed by atoms with Gasteiger partial charge in [-0.05, 0) is 16.7 Å². The first kappa shape index (κ1) is 16.5. The molecule has 1 aliphatic heterocycles. The van der Waals surface area contributed by atoms with E-state index in [1.807, 2.05) is 4.90 Å². The predicted molar refractivity (Wildman–Crippen MR) is 79.0 cm³/mol. The van der Waals surface area contributed by atoms with Gasteiger partial charge < -0.3 is 9.64 Å². The lowest BCUT2D eigenvalue weighted by Crippen LogP contribution is -2.50. The van der Waals surface area contributed by atoms with Crippen molar-refractivity contribution in [2.24, 2.45) is 22.7 Å². The van der Waals surface area contributed by atoms with E-state index in [-0.39, 0.29) is 16.7 Å². The van der Waals surface area contributed by atoms with Crippen molar-refractivity contribution in [1.29, 1.82) is 0 Å². The largest absolute Gasteiger partial charge is 0.378 e. The first-order valence-corrected chi connectivity index (χ1v) is 7.41. The fourth-order valence-corrected chi connectivity index (χ4v) is 2.81. The number of morpholine rings is 1. The SMILES string of the molecule is CC([C@@H](C(=O)N1CCOCC1)C(C)(C)C)C(C)(C)C. The maximum absolute atomic E-state index is 12.9. The second-order valence-corrected chi connectivity index (χ2v) is 7.94. The standard InChI is InChI=1S/C16H31NO2/c1-12(15(2,3)4)13(16(5,6)7)14(18)17-8-10-19-11-9-17/h12-13H,8-11H2,1-7H3/t12?,13-/m0/s1. The zero-order valence-electron chi connectivity index (χ0n) is 13.7. The highest BCUT2D eigenvalue weighted by molar-refractivity contribution is 5.80. The summed E-state index contributed by atoms with van der Waals surface area (Å²) in [4.78, 5) is 14.9. The number of carbonyl (C=O) groups excluding carboxylic acids is 1. The van der Waals surface area contributed by atoms with Crippen LogP contribution in [0.3, 0.4) is 0 Å². The molecule has 3 heteroatoms. The topological polar surface area (TPSA) is 29.5 Å². The van der Waals surface area contributed by atoms with Crippen molar-refractivity contribution in [1.82, 2.24) is 4.90 Å². The number of hydrogen-bond acceptors (Lipinski definition) is 2. The second kappa shape index (κ2) is 5.82. The van der Waals surface area contributed by atoms with E-state index in [4.69, 9.17) is 4.74 Å². The van der Waals surface area contributed by atoms with Crippen LogP contribution in [0.5, 0.6) is 0 Å². The molecule has 0 aromatic carbocycles.